The summed E-state index contributed by atoms with van der Waals surface area (Å²) in [5.74, 6) is -0.320. The van der Waals surface area contributed by atoms with Gasteiger partial charge in [0.15, 0.2) is 17.3 Å². The van der Waals surface area contributed by atoms with Crippen molar-refractivity contribution >= 4 is 29.5 Å². The second kappa shape index (κ2) is 6.97. The maximum atomic E-state index is 11.9. The number of hydrogen-bond donors (Lipinski definition) is 0. The molecule has 0 bridgehead atoms. The molecule has 23 heavy (non-hydrogen) atoms. The monoisotopic (exact) mass is 306 g/mol. The van der Waals surface area contributed by atoms with Crippen LogP contribution >= 0.6 is 0 Å². The van der Waals surface area contributed by atoms with Crippen LogP contribution in [0, 0.1) is 0 Å². The predicted molar refractivity (Wildman–Crippen MR) is 91.8 cm³/mol. The van der Waals surface area contributed by atoms with Gasteiger partial charge in [-0.25, -0.2) is 0 Å². The fraction of sp³-hybridized carbons (Fsp3) is 0.150. The van der Waals surface area contributed by atoms with Crippen molar-refractivity contribution in [3.05, 3.63) is 70.3 Å². The van der Waals surface area contributed by atoms with Crippen molar-refractivity contribution in [1.82, 2.24) is 0 Å². The molecule has 116 valence electrons. The van der Waals surface area contributed by atoms with Crippen molar-refractivity contribution in [2.75, 3.05) is 0 Å². The van der Waals surface area contributed by atoms with Crippen LogP contribution in [0.4, 0.5) is 0 Å². The number of hydrogen-bond acceptors (Lipinski definition) is 3. The molecule has 0 atom stereocenters. The number of carbonyl (C=O) groups excluding carboxylic acids is 3. The highest BCUT2D eigenvalue weighted by molar-refractivity contribution is 6.10. The number of ketones is 3. The predicted octanol–water partition coefficient (Wildman–Crippen LogP) is 4.46. The van der Waals surface area contributed by atoms with Gasteiger partial charge < -0.3 is 0 Å². The molecule has 0 heterocycles. The molecule has 0 spiro atoms. The fourth-order valence-corrected chi connectivity index (χ4v) is 2.54. The Morgan fingerprint density at radius 1 is 0.652 bits per heavy atom. The van der Waals surface area contributed by atoms with Gasteiger partial charge >= 0.3 is 0 Å². The maximum Gasteiger partial charge on any atom is 0.161 e. The normalized spacial score (nSPS) is 10.7. The Bertz CT molecular complexity index is 813. The molecule has 0 saturated heterocycles. The lowest BCUT2D eigenvalue weighted by atomic mass is 9.94. The summed E-state index contributed by atoms with van der Waals surface area (Å²) in [6, 6.07) is 12.5. The summed E-state index contributed by atoms with van der Waals surface area (Å²) >= 11 is 0. The Labute approximate surface area is 135 Å². The second-order valence-corrected chi connectivity index (χ2v) is 5.36. The van der Waals surface area contributed by atoms with Crippen LogP contribution < -0.4 is 0 Å². The molecule has 0 aromatic heterocycles. The summed E-state index contributed by atoms with van der Waals surface area (Å²) in [5, 5.41) is 0. The van der Waals surface area contributed by atoms with Gasteiger partial charge in [-0.05, 0) is 31.9 Å². The third kappa shape index (κ3) is 3.69. The molecule has 2 aromatic rings. The van der Waals surface area contributed by atoms with Gasteiger partial charge in [-0.2, -0.15) is 0 Å². The van der Waals surface area contributed by atoms with Gasteiger partial charge in [0, 0.05) is 16.7 Å². The molecule has 0 saturated carbocycles. The van der Waals surface area contributed by atoms with Gasteiger partial charge in [0.1, 0.15) is 0 Å². The van der Waals surface area contributed by atoms with Crippen LogP contribution in [0.25, 0.3) is 12.2 Å². The molecular weight excluding hydrogens is 288 g/mol. The molecule has 0 unspecified atom stereocenters. The van der Waals surface area contributed by atoms with Crippen LogP contribution in [0.3, 0.4) is 0 Å². The largest absolute Gasteiger partial charge is 0.294 e. The zero-order valence-electron chi connectivity index (χ0n) is 13.4. The van der Waals surface area contributed by atoms with E-state index in [2.05, 4.69) is 0 Å². The highest BCUT2D eigenvalue weighted by atomic mass is 16.1. The SMILES string of the molecule is CC(=O)c1ccccc1/C=C/c1cccc(C(C)=O)c1C(C)=O. The van der Waals surface area contributed by atoms with Gasteiger partial charge in [0.05, 0.1) is 0 Å². The summed E-state index contributed by atoms with van der Waals surface area (Å²) in [7, 11) is 0. The summed E-state index contributed by atoms with van der Waals surface area (Å²) < 4.78 is 0. The first kappa shape index (κ1) is 16.6. The van der Waals surface area contributed by atoms with Crippen molar-refractivity contribution in [2.45, 2.75) is 20.8 Å². The Morgan fingerprint density at radius 3 is 1.78 bits per heavy atom. The smallest absolute Gasteiger partial charge is 0.161 e. The fourth-order valence-electron chi connectivity index (χ4n) is 2.54. The standard InChI is InChI=1S/C20H18O3/c1-13(21)18-9-5-4-7-16(18)11-12-17-8-6-10-19(14(2)22)20(17)15(3)23/h4-12H,1-3H3/b12-11+. The zero-order chi connectivity index (χ0) is 17.0. The average molecular weight is 306 g/mol. The van der Waals surface area contributed by atoms with Crippen molar-refractivity contribution in [1.29, 1.82) is 0 Å². The molecule has 2 aromatic carbocycles. The molecular formula is C20H18O3. The van der Waals surface area contributed by atoms with E-state index < -0.39 is 0 Å². The van der Waals surface area contributed by atoms with Crippen LogP contribution in [0.1, 0.15) is 63.0 Å². The average Bonchev–Trinajstić information content (AvgIpc) is 2.52. The van der Waals surface area contributed by atoms with E-state index in [1.165, 1.54) is 20.8 Å². The summed E-state index contributed by atoms with van der Waals surface area (Å²) in [6.45, 7) is 4.41. The van der Waals surface area contributed by atoms with E-state index in [1.807, 2.05) is 18.2 Å². The van der Waals surface area contributed by atoms with Crippen molar-refractivity contribution < 1.29 is 14.4 Å². The molecule has 0 aliphatic rings. The molecule has 0 aliphatic carbocycles. The number of Topliss-reactive ketones (excluding diaryl/α,β-unsaturated/α-hetero) is 3. The highest BCUT2D eigenvalue weighted by Gasteiger charge is 2.14. The minimum atomic E-state index is -0.157. The van der Waals surface area contributed by atoms with Crippen LogP contribution in [-0.4, -0.2) is 17.3 Å². The first-order chi connectivity index (χ1) is 10.9. The topological polar surface area (TPSA) is 51.2 Å². The van der Waals surface area contributed by atoms with Crippen molar-refractivity contribution in [3.8, 4) is 0 Å². The number of rotatable bonds is 5. The molecule has 3 heteroatoms. The van der Waals surface area contributed by atoms with E-state index in [4.69, 9.17) is 0 Å². The number of carbonyl (C=O) groups is 3. The van der Waals surface area contributed by atoms with E-state index in [9.17, 15) is 14.4 Å². The van der Waals surface area contributed by atoms with Crippen LogP contribution in [0.2, 0.25) is 0 Å². The minimum absolute atomic E-state index is 0.0190. The van der Waals surface area contributed by atoms with E-state index >= 15 is 0 Å². The zero-order valence-corrected chi connectivity index (χ0v) is 13.4. The van der Waals surface area contributed by atoms with Crippen molar-refractivity contribution in [3.63, 3.8) is 0 Å². The quantitative estimate of drug-likeness (QED) is 0.605. The third-order valence-corrected chi connectivity index (χ3v) is 3.61. The minimum Gasteiger partial charge on any atom is -0.294 e. The molecule has 0 aliphatic heterocycles. The third-order valence-electron chi connectivity index (χ3n) is 3.61. The van der Waals surface area contributed by atoms with E-state index in [-0.39, 0.29) is 17.3 Å². The van der Waals surface area contributed by atoms with Crippen LogP contribution in [0.15, 0.2) is 42.5 Å². The molecule has 0 fully saturated rings. The number of benzene rings is 2. The van der Waals surface area contributed by atoms with Crippen LogP contribution in [0.5, 0.6) is 0 Å². The summed E-state index contributed by atoms with van der Waals surface area (Å²) in [6.07, 6.45) is 3.56. The van der Waals surface area contributed by atoms with Gasteiger partial charge in [0.2, 0.25) is 0 Å². The molecule has 0 radical (unpaired) electrons. The van der Waals surface area contributed by atoms with Gasteiger partial charge in [-0.3, -0.25) is 14.4 Å². The Kier molecular flexibility index (Phi) is 5.02. The van der Waals surface area contributed by atoms with Gasteiger partial charge in [-0.1, -0.05) is 54.6 Å². The van der Waals surface area contributed by atoms with Gasteiger partial charge in [-0.15, -0.1) is 0 Å². The molecule has 0 N–H and O–H groups in total. The summed E-state index contributed by atoms with van der Waals surface area (Å²) in [4.78, 5) is 35.3. The second-order valence-electron chi connectivity index (χ2n) is 5.36. The van der Waals surface area contributed by atoms with E-state index in [0.717, 1.165) is 5.56 Å². The molecule has 3 nitrogen and oxygen atoms in total. The lowest BCUT2D eigenvalue weighted by Gasteiger charge is -2.08. The van der Waals surface area contributed by atoms with Gasteiger partial charge in [0.25, 0.3) is 0 Å². The highest BCUT2D eigenvalue weighted by Crippen LogP contribution is 2.20. The molecule has 2 rings (SSSR count). The van der Waals surface area contributed by atoms with E-state index in [0.29, 0.717) is 22.3 Å². The Balaban J connectivity index is 2.53. The lowest BCUT2D eigenvalue weighted by Crippen LogP contribution is -2.06. The first-order valence-electron chi connectivity index (χ1n) is 7.34. The van der Waals surface area contributed by atoms with E-state index in [1.54, 1.807) is 36.4 Å². The van der Waals surface area contributed by atoms with Crippen molar-refractivity contribution in [2.24, 2.45) is 0 Å². The molecule has 0 amide bonds. The first-order valence-corrected chi connectivity index (χ1v) is 7.34. The van der Waals surface area contributed by atoms with Crippen LogP contribution in [-0.2, 0) is 0 Å². The lowest BCUT2D eigenvalue weighted by molar-refractivity contribution is 0.0980. The summed E-state index contributed by atoms with van der Waals surface area (Å²) in [5.41, 5.74) is 2.90. The Morgan fingerprint density at radius 2 is 1.17 bits per heavy atom. The Hall–Kier alpha value is -2.81. The maximum absolute atomic E-state index is 11.9.